The fraction of sp³-hybridized carbons (Fsp3) is 0.250. The SMILES string of the molecule is CCc1ccc(C(NC)c2csc3c(Br)cccc23)s1. The lowest BCUT2D eigenvalue weighted by molar-refractivity contribution is 0.711. The molecule has 3 aromatic rings. The van der Waals surface area contributed by atoms with E-state index in [2.05, 4.69) is 63.9 Å². The average molecular weight is 366 g/mol. The quantitative estimate of drug-likeness (QED) is 0.634. The zero-order chi connectivity index (χ0) is 14.1. The lowest BCUT2D eigenvalue weighted by Crippen LogP contribution is -2.15. The van der Waals surface area contributed by atoms with Crippen molar-refractivity contribution in [1.29, 1.82) is 0 Å². The number of fused-ring (bicyclic) bond motifs is 1. The maximum Gasteiger partial charge on any atom is 0.0682 e. The van der Waals surface area contributed by atoms with Crippen molar-refractivity contribution >= 4 is 48.7 Å². The fourth-order valence-electron chi connectivity index (χ4n) is 2.46. The first kappa shape index (κ1) is 14.3. The van der Waals surface area contributed by atoms with Crippen LogP contribution in [0.25, 0.3) is 10.1 Å². The van der Waals surface area contributed by atoms with Gasteiger partial charge in [-0.3, -0.25) is 0 Å². The molecule has 3 rings (SSSR count). The molecule has 2 aromatic heterocycles. The van der Waals surface area contributed by atoms with Gasteiger partial charge in [-0.15, -0.1) is 22.7 Å². The molecule has 0 bridgehead atoms. The molecular weight excluding hydrogens is 350 g/mol. The number of aryl methyl sites for hydroxylation is 1. The maximum atomic E-state index is 3.65. The average Bonchev–Trinajstić information content (AvgIpc) is 3.08. The molecule has 2 heterocycles. The molecule has 0 spiro atoms. The van der Waals surface area contributed by atoms with Crippen LogP contribution < -0.4 is 5.32 Å². The van der Waals surface area contributed by atoms with E-state index in [1.807, 2.05) is 29.7 Å². The van der Waals surface area contributed by atoms with Crippen LogP contribution in [0.1, 0.15) is 28.3 Å². The van der Waals surface area contributed by atoms with Crippen LogP contribution in [0, 0.1) is 0 Å². The number of hydrogen-bond acceptors (Lipinski definition) is 3. The number of nitrogens with one attached hydrogen (secondary N) is 1. The van der Waals surface area contributed by atoms with E-state index >= 15 is 0 Å². The third-order valence-electron chi connectivity index (χ3n) is 3.50. The minimum atomic E-state index is 0.281. The van der Waals surface area contributed by atoms with Crippen LogP contribution in [-0.2, 0) is 6.42 Å². The van der Waals surface area contributed by atoms with E-state index in [0.717, 1.165) is 6.42 Å². The van der Waals surface area contributed by atoms with E-state index in [-0.39, 0.29) is 6.04 Å². The predicted octanol–water partition coefficient (Wildman–Crippen LogP) is 5.60. The van der Waals surface area contributed by atoms with E-state index in [1.54, 1.807) is 0 Å². The minimum absolute atomic E-state index is 0.281. The fourth-order valence-corrected chi connectivity index (χ4v) is 5.19. The lowest BCUT2D eigenvalue weighted by atomic mass is 10.0. The standard InChI is InChI=1S/C16H16BrNS2/c1-3-10-7-8-14(20-10)15(18-2)12-9-19-16-11(12)5-4-6-13(16)17/h4-9,15,18H,3H2,1-2H3. The zero-order valence-electron chi connectivity index (χ0n) is 11.4. The van der Waals surface area contributed by atoms with Crippen LogP contribution in [-0.4, -0.2) is 7.05 Å². The third kappa shape index (κ3) is 2.46. The summed E-state index contributed by atoms with van der Waals surface area (Å²) in [5.41, 5.74) is 1.37. The van der Waals surface area contributed by atoms with Crippen molar-refractivity contribution in [2.24, 2.45) is 0 Å². The highest BCUT2D eigenvalue weighted by molar-refractivity contribution is 9.10. The second-order valence-electron chi connectivity index (χ2n) is 4.69. The highest BCUT2D eigenvalue weighted by atomic mass is 79.9. The highest BCUT2D eigenvalue weighted by Crippen LogP contribution is 2.38. The van der Waals surface area contributed by atoms with Crippen LogP contribution in [0.15, 0.2) is 40.2 Å². The van der Waals surface area contributed by atoms with Gasteiger partial charge in [0.2, 0.25) is 0 Å². The second-order valence-corrected chi connectivity index (χ2v) is 7.62. The summed E-state index contributed by atoms with van der Waals surface area (Å²) in [4.78, 5) is 2.84. The molecule has 1 unspecified atom stereocenters. The summed E-state index contributed by atoms with van der Waals surface area (Å²) in [5.74, 6) is 0. The Balaban J connectivity index is 2.09. The number of rotatable bonds is 4. The monoisotopic (exact) mass is 365 g/mol. The molecule has 1 aromatic carbocycles. The summed E-state index contributed by atoms with van der Waals surface area (Å²) in [5, 5.41) is 7.09. The Morgan fingerprint density at radius 3 is 2.80 bits per heavy atom. The first-order chi connectivity index (χ1) is 9.74. The van der Waals surface area contributed by atoms with Crippen molar-refractivity contribution in [1.82, 2.24) is 5.32 Å². The van der Waals surface area contributed by atoms with Crippen LogP contribution in [0.3, 0.4) is 0 Å². The van der Waals surface area contributed by atoms with Gasteiger partial charge in [0.1, 0.15) is 0 Å². The van der Waals surface area contributed by atoms with Crippen molar-refractivity contribution < 1.29 is 0 Å². The Kier molecular flexibility index (Phi) is 4.26. The normalized spacial score (nSPS) is 12.9. The van der Waals surface area contributed by atoms with Crippen LogP contribution in [0.5, 0.6) is 0 Å². The molecule has 0 aliphatic rings. The molecule has 0 amide bonds. The van der Waals surface area contributed by atoms with Gasteiger partial charge < -0.3 is 5.32 Å². The van der Waals surface area contributed by atoms with Crippen molar-refractivity contribution in [3.05, 3.63) is 55.5 Å². The predicted molar refractivity (Wildman–Crippen MR) is 94.1 cm³/mol. The Hall–Kier alpha value is -0.680. The Morgan fingerprint density at radius 1 is 1.25 bits per heavy atom. The summed E-state index contributed by atoms with van der Waals surface area (Å²) < 4.78 is 2.51. The Labute approximate surface area is 135 Å². The molecule has 104 valence electrons. The van der Waals surface area contributed by atoms with Crippen LogP contribution >= 0.6 is 38.6 Å². The van der Waals surface area contributed by atoms with Gasteiger partial charge in [-0.2, -0.15) is 0 Å². The van der Waals surface area contributed by atoms with Gasteiger partial charge in [0.25, 0.3) is 0 Å². The zero-order valence-corrected chi connectivity index (χ0v) is 14.7. The first-order valence-electron chi connectivity index (χ1n) is 6.66. The summed E-state index contributed by atoms with van der Waals surface area (Å²) >= 11 is 7.36. The van der Waals surface area contributed by atoms with Crippen molar-refractivity contribution in [3.63, 3.8) is 0 Å². The van der Waals surface area contributed by atoms with Crippen LogP contribution in [0.2, 0.25) is 0 Å². The van der Waals surface area contributed by atoms with Gasteiger partial charge in [-0.05, 0) is 63.9 Å². The van der Waals surface area contributed by atoms with Crippen LogP contribution in [0.4, 0.5) is 0 Å². The van der Waals surface area contributed by atoms with E-state index in [4.69, 9.17) is 0 Å². The van der Waals surface area contributed by atoms with Crippen molar-refractivity contribution in [3.8, 4) is 0 Å². The van der Waals surface area contributed by atoms with Crippen molar-refractivity contribution in [2.45, 2.75) is 19.4 Å². The number of hydrogen-bond donors (Lipinski definition) is 1. The third-order valence-corrected chi connectivity index (χ3v) is 6.76. The molecule has 1 N–H and O–H groups in total. The van der Waals surface area contributed by atoms with Gasteiger partial charge in [-0.1, -0.05) is 19.1 Å². The molecule has 0 aliphatic heterocycles. The van der Waals surface area contributed by atoms with E-state index < -0.39 is 0 Å². The van der Waals surface area contributed by atoms with Gasteiger partial charge in [0.15, 0.2) is 0 Å². The van der Waals surface area contributed by atoms with Gasteiger partial charge in [-0.25, -0.2) is 0 Å². The van der Waals surface area contributed by atoms with Gasteiger partial charge in [0.05, 0.1) is 6.04 Å². The molecule has 0 saturated carbocycles. The molecule has 0 saturated heterocycles. The van der Waals surface area contributed by atoms with Crippen molar-refractivity contribution in [2.75, 3.05) is 7.05 Å². The summed E-state index contributed by atoms with van der Waals surface area (Å²) in [6, 6.07) is 11.2. The molecule has 0 radical (unpaired) electrons. The smallest absolute Gasteiger partial charge is 0.0682 e. The minimum Gasteiger partial charge on any atom is -0.309 e. The second kappa shape index (κ2) is 5.98. The topological polar surface area (TPSA) is 12.0 Å². The molecule has 0 aliphatic carbocycles. The molecule has 1 nitrogen and oxygen atoms in total. The number of halogens is 1. The number of thiophene rings is 2. The Morgan fingerprint density at radius 2 is 2.10 bits per heavy atom. The lowest BCUT2D eigenvalue weighted by Gasteiger charge is -2.14. The summed E-state index contributed by atoms with van der Waals surface area (Å²) in [6.07, 6.45) is 1.11. The molecule has 4 heteroatoms. The van der Waals surface area contributed by atoms with Gasteiger partial charge in [0, 0.05) is 18.9 Å². The van der Waals surface area contributed by atoms with E-state index in [0.29, 0.717) is 0 Å². The summed E-state index contributed by atoms with van der Waals surface area (Å²) in [7, 11) is 2.04. The molecule has 1 atom stereocenters. The summed E-state index contributed by atoms with van der Waals surface area (Å²) in [6.45, 7) is 2.21. The largest absolute Gasteiger partial charge is 0.309 e. The number of benzene rings is 1. The molecule has 0 fully saturated rings. The maximum absolute atomic E-state index is 3.65. The van der Waals surface area contributed by atoms with Gasteiger partial charge >= 0.3 is 0 Å². The Bertz CT molecular complexity index is 729. The van der Waals surface area contributed by atoms with E-state index in [1.165, 1.54) is 29.9 Å². The first-order valence-corrected chi connectivity index (χ1v) is 9.15. The molecule has 20 heavy (non-hydrogen) atoms. The van der Waals surface area contributed by atoms with E-state index in [9.17, 15) is 0 Å². The highest BCUT2D eigenvalue weighted by Gasteiger charge is 2.18. The molecular formula is C16H16BrNS2.